The second kappa shape index (κ2) is 7.22. The molecule has 1 fully saturated rings. The number of hydrogen-bond donors (Lipinski definition) is 1. The van der Waals surface area contributed by atoms with Crippen LogP contribution in [0.25, 0.3) is 0 Å². The van der Waals surface area contributed by atoms with Gasteiger partial charge in [-0.3, -0.25) is 4.90 Å². The van der Waals surface area contributed by atoms with E-state index in [9.17, 15) is 0 Å². The molecule has 0 radical (unpaired) electrons. The van der Waals surface area contributed by atoms with Gasteiger partial charge in [0.15, 0.2) is 5.13 Å². The lowest BCUT2D eigenvalue weighted by Crippen LogP contribution is -2.39. The summed E-state index contributed by atoms with van der Waals surface area (Å²) in [5.74, 6) is 0. The van der Waals surface area contributed by atoms with Gasteiger partial charge in [0.05, 0.1) is 0 Å². The fraction of sp³-hybridized carbons (Fsp3) is 0.786. The van der Waals surface area contributed by atoms with E-state index in [-0.39, 0.29) is 0 Å². The first-order chi connectivity index (χ1) is 9.22. The van der Waals surface area contributed by atoms with Gasteiger partial charge in [0, 0.05) is 43.3 Å². The molecule has 0 saturated carbocycles. The summed E-state index contributed by atoms with van der Waals surface area (Å²) in [7, 11) is 2.24. The maximum absolute atomic E-state index is 4.43. The molecule has 1 atom stereocenters. The Labute approximate surface area is 120 Å². The molecule has 0 amide bonds. The van der Waals surface area contributed by atoms with Gasteiger partial charge in [0.2, 0.25) is 0 Å². The van der Waals surface area contributed by atoms with Crippen LogP contribution in [-0.2, 0) is 6.54 Å². The van der Waals surface area contributed by atoms with Gasteiger partial charge < -0.3 is 10.2 Å². The number of aromatic nitrogens is 1. The summed E-state index contributed by atoms with van der Waals surface area (Å²) in [5.41, 5.74) is 0. The molecule has 0 aliphatic carbocycles. The van der Waals surface area contributed by atoms with Crippen LogP contribution in [0.15, 0.2) is 6.20 Å². The summed E-state index contributed by atoms with van der Waals surface area (Å²) in [6.07, 6.45) is 4.53. The Balaban J connectivity index is 1.98. The van der Waals surface area contributed by atoms with E-state index >= 15 is 0 Å². The minimum Gasteiger partial charge on any atom is -0.362 e. The van der Waals surface area contributed by atoms with Crippen LogP contribution in [0.3, 0.4) is 0 Å². The molecule has 0 spiro atoms. The van der Waals surface area contributed by atoms with Crippen molar-refractivity contribution >= 4 is 16.5 Å². The highest BCUT2D eigenvalue weighted by Gasteiger charge is 2.22. The lowest BCUT2D eigenvalue weighted by atomic mass is 10.2. The number of nitrogens with one attached hydrogen (secondary N) is 1. The van der Waals surface area contributed by atoms with Gasteiger partial charge in [-0.15, -0.1) is 11.3 Å². The van der Waals surface area contributed by atoms with Gasteiger partial charge >= 0.3 is 0 Å². The summed E-state index contributed by atoms with van der Waals surface area (Å²) in [5, 5.41) is 4.34. The van der Waals surface area contributed by atoms with E-state index in [4.69, 9.17) is 0 Å². The second-order valence-corrected chi connectivity index (χ2v) is 6.43. The first-order valence-corrected chi connectivity index (χ1v) is 8.15. The van der Waals surface area contributed by atoms with Crippen LogP contribution in [-0.4, -0.2) is 54.1 Å². The molecule has 0 aromatic carbocycles. The van der Waals surface area contributed by atoms with E-state index < -0.39 is 0 Å². The predicted octanol–water partition coefficient (Wildman–Crippen LogP) is 2.49. The quantitative estimate of drug-likeness (QED) is 0.899. The molecule has 1 aliphatic rings. The Hall–Kier alpha value is -0.650. The van der Waals surface area contributed by atoms with Crippen molar-refractivity contribution in [2.75, 3.05) is 38.5 Å². The van der Waals surface area contributed by atoms with E-state index in [2.05, 4.69) is 41.0 Å². The summed E-state index contributed by atoms with van der Waals surface area (Å²) < 4.78 is 0. The molecular formula is C14H26N4S. The zero-order valence-electron chi connectivity index (χ0n) is 12.4. The number of nitrogens with zero attached hydrogens (tertiary/aromatic N) is 3. The number of likely N-dealkylation sites (N-methyl/N-ethyl adjacent to an activating group) is 1. The van der Waals surface area contributed by atoms with Crippen molar-refractivity contribution in [1.29, 1.82) is 0 Å². The first-order valence-electron chi connectivity index (χ1n) is 7.34. The Bertz CT molecular complexity index is 379. The molecule has 2 heterocycles. The van der Waals surface area contributed by atoms with E-state index in [0.717, 1.165) is 18.2 Å². The predicted molar refractivity (Wildman–Crippen MR) is 82.9 cm³/mol. The molecule has 1 aromatic rings. The fourth-order valence-electron chi connectivity index (χ4n) is 2.70. The maximum atomic E-state index is 4.43. The van der Waals surface area contributed by atoms with Crippen molar-refractivity contribution < 1.29 is 0 Å². The second-order valence-electron chi connectivity index (χ2n) is 5.31. The van der Waals surface area contributed by atoms with Crippen LogP contribution in [0, 0.1) is 0 Å². The minimum absolute atomic E-state index is 0.678. The smallest absolute Gasteiger partial charge is 0.182 e. The first kappa shape index (κ1) is 14.8. The van der Waals surface area contributed by atoms with Crippen LogP contribution in [0.4, 0.5) is 5.13 Å². The number of hydrogen-bond acceptors (Lipinski definition) is 5. The highest BCUT2D eigenvalue weighted by Crippen LogP contribution is 2.22. The molecule has 108 valence electrons. The SMILES string of the molecule is CCNc1ncc(CN2CCCN(C)CC2CC)s1. The molecule has 4 nitrogen and oxygen atoms in total. The van der Waals surface area contributed by atoms with Crippen molar-refractivity contribution in [1.82, 2.24) is 14.8 Å². The van der Waals surface area contributed by atoms with Crippen LogP contribution < -0.4 is 5.32 Å². The van der Waals surface area contributed by atoms with Gasteiger partial charge in [-0.25, -0.2) is 4.98 Å². The van der Waals surface area contributed by atoms with Crippen molar-refractivity contribution in [2.45, 2.75) is 39.3 Å². The van der Waals surface area contributed by atoms with Crippen molar-refractivity contribution in [3.05, 3.63) is 11.1 Å². The van der Waals surface area contributed by atoms with E-state index in [1.807, 2.05) is 6.20 Å². The minimum atomic E-state index is 0.678. The van der Waals surface area contributed by atoms with E-state index in [0.29, 0.717) is 6.04 Å². The van der Waals surface area contributed by atoms with Crippen LogP contribution in [0.5, 0.6) is 0 Å². The largest absolute Gasteiger partial charge is 0.362 e. The number of rotatable bonds is 5. The van der Waals surface area contributed by atoms with Gasteiger partial charge in [0.1, 0.15) is 0 Å². The van der Waals surface area contributed by atoms with Crippen molar-refractivity contribution in [3.8, 4) is 0 Å². The molecule has 0 bridgehead atoms. The monoisotopic (exact) mass is 282 g/mol. The number of anilines is 1. The van der Waals surface area contributed by atoms with Gasteiger partial charge in [-0.2, -0.15) is 0 Å². The highest BCUT2D eigenvalue weighted by molar-refractivity contribution is 7.15. The average Bonchev–Trinajstić information content (AvgIpc) is 2.74. The van der Waals surface area contributed by atoms with Crippen LogP contribution in [0.2, 0.25) is 0 Å². The lowest BCUT2D eigenvalue weighted by molar-refractivity contribution is 0.177. The zero-order valence-corrected chi connectivity index (χ0v) is 13.2. The molecule has 1 aromatic heterocycles. The molecule has 1 saturated heterocycles. The zero-order chi connectivity index (χ0) is 13.7. The molecule has 2 rings (SSSR count). The third-order valence-electron chi connectivity index (χ3n) is 3.74. The number of thiazole rings is 1. The van der Waals surface area contributed by atoms with Crippen molar-refractivity contribution in [3.63, 3.8) is 0 Å². The Morgan fingerprint density at radius 3 is 3.00 bits per heavy atom. The fourth-order valence-corrected chi connectivity index (χ4v) is 3.61. The van der Waals surface area contributed by atoms with Gasteiger partial charge in [0.25, 0.3) is 0 Å². The highest BCUT2D eigenvalue weighted by atomic mass is 32.1. The molecule has 1 unspecified atom stereocenters. The normalized spacial score (nSPS) is 22.4. The standard InChI is InChI=1S/C14H26N4S/c1-4-12-10-17(3)7-6-8-18(12)11-13-9-16-14(19-13)15-5-2/h9,12H,4-8,10-11H2,1-3H3,(H,15,16). The summed E-state index contributed by atoms with van der Waals surface area (Å²) >= 11 is 1.79. The molecule has 5 heteroatoms. The van der Waals surface area contributed by atoms with Crippen LogP contribution >= 0.6 is 11.3 Å². The summed E-state index contributed by atoms with van der Waals surface area (Å²) in [6.45, 7) is 10.0. The third-order valence-corrected chi connectivity index (χ3v) is 4.68. The van der Waals surface area contributed by atoms with Gasteiger partial charge in [-0.05, 0) is 33.4 Å². The molecular weight excluding hydrogens is 256 g/mol. The average molecular weight is 282 g/mol. The lowest BCUT2D eigenvalue weighted by Gasteiger charge is -2.29. The Morgan fingerprint density at radius 1 is 1.42 bits per heavy atom. The molecule has 19 heavy (non-hydrogen) atoms. The summed E-state index contributed by atoms with van der Waals surface area (Å²) in [6, 6.07) is 0.678. The maximum Gasteiger partial charge on any atom is 0.182 e. The molecule has 1 aliphatic heterocycles. The van der Waals surface area contributed by atoms with E-state index in [1.54, 1.807) is 11.3 Å². The summed E-state index contributed by atoms with van der Waals surface area (Å²) in [4.78, 5) is 10.9. The van der Waals surface area contributed by atoms with E-state index in [1.165, 1.54) is 37.4 Å². The van der Waals surface area contributed by atoms with Crippen LogP contribution in [0.1, 0.15) is 31.6 Å². The topological polar surface area (TPSA) is 31.4 Å². The Kier molecular flexibility index (Phi) is 5.60. The van der Waals surface area contributed by atoms with Crippen molar-refractivity contribution in [2.24, 2.45) is 0 Å². The van der Waals surface area contributed by atoms with Gasteiger partial charge in [-0.1, -0.05) is 6.92 Å². The third kappa shape index (κ3) is 4.16. The Morgan fingerprint density at radius 2 is 2.26 bits per heavy atom. The molecule has 1 N–H and O–H groups in total.